The van der Waals surface area contributed by atoms with Gasteiger partial charge in [0.2, 0.25) is 0 Å². The van der Waals surface area contributed by atoms with Crippen molar-refractivity contribution in [2.45, 2.75) is 0 Å². The van der Waals surface area contributed by atoms with Crippen molar-refractivity contribution in [2.24, 2.45) is 11.6 Å². The minimum atomic E-state index is -1.07. The molecular weight excluding hydrogens is 114 g/mol. The van der Waals surface area contributed by atoms with Crippen molar-refractivity contribution in [3.8, 4) is 0 Å². The number of rotatable bonds is 0. The van der Waals surface area contributed by atoms with Gasteiger partial charge in [-0.05, 0) is 0 Å². The van der Waals surface area contributed by atoms with E-state index >= 15 is 0 Å². The Bertz CT molecular complexity index is 111. The lowest BCUT2D eigenvalue weighted by Crippen LogP contribution is -2.36. The standard InChI is InChI=1S/C2H5N3O3/c3-1(6)5-2(7)8-4/h4H2,(H3,3,5,6,7). The topological polar surface area (TPSA) is 107 Å². The van der Waals surface area contributed by atoms with Gasteiger partial charge in [0.25, 0.3) is 0 Å². The van der Waals surface area contributed by atoms with Gasteiger partial charge in [-0.1, -0.05) is 0 Å². The summed E-state index contributed by atoms with van der Waals surface area (Å²) in [7, 11) is 0. The van der Waals surface area contributed by atoms with E-state index in [2.05, 4.69) is 16.5 Å². The molecular formula is C2H5N3O3. The van der Waals surface area contributed by atoms with E-state index in [9.17, 15) is 9.59 Å². The number of carbonyl (C=O) groups excluding carboxylic acids is 2. The van der Waals surface area contributed by atoms with Crippen molar-refractivity contribution in [3.63, 3.8) is 0 Å². The average molecular weight is 119 g/mol. The lowest BCUT2D eigenvalue weighted by Gasteiger charge is -1.93. The van der Waals surface area contributed by atoms with Crippen molar-refractivity contribution >= 4 is 12.1 Å². The monoisotopic (exact) mass is 119 g/mol. The highest BCUT2D eigenvalue weighted by Gasteiger charge is 1.99. The Balaban J connectivity index is 3.40. The van der Waals surface area contributed by atoms with E-state index in [4.69, 9.17) is 0 Å². The normalized spacial score (nSPS) is 7.62. The van der Waals surface area contributed by atoms with Crippen LogP contribution in [-0.4, -0.2) is 12.1 Å². The van der Waals surface area contributed by atoms with Gasteiger partial charge in [-0.2, -0.15) is 5.90 Å². The van der Waals surface area contributed by atoms with Crippen LogP contribution in [0.25, 0.3) is 0 Å². The second-order valence-electron chi connectivity index (χ2n) is 0.895. The summed E-state index contributed by atoms with van der Waals surface area (Å²) < 4.78 is 0. The quantitative estimate of drug-likeness (QED) is 0.343. The third-order valence-corrected chi connectivity index (χ3v) is 0.332. The van der Waals surface area contributed by atoms with Gasteiger partial charge in [0.1, 0.15) is 0 Å². The van der Waals surface area contributed by atoms with Gasteiger partial charge in [-0.3, -0.25) is 0 Å². The molecule has 0 radical (unpaired) electrons. The lowest BCUT2D eigenvalue weighted by atomic mass is 11.0. The zero-order valence-corrected chi connectivity index (χ0v) is 3.88. The minimum absolute atomic E-state index is 1.000. The number of hydrogen-bond donors (Lipinski definition) is 3. The summed E-state index contributed by atoms with van der Waals surface area (Å²) in [6, 6.07) is -1.000. The second-order valence-corrected chi connectivity index (χ2v) is 0.895. The number of carbonyl (C=O) groups is 2. The van der Waals surface area contributed by atoms with Crippen LogP contribution in [0, 0.1) is 0 Å². The van der Waals surface area contributed by atoms with E-state index in [1.54, 1.807) is 5.32 Å². The Morgan fingerprint density at radius 3 is 2.12 bits per heavy atom. The minimum Gasteiger partial charge on any atom is -0.356 e. The SMILES string of the molecule is NOC(=O)NC(N)=O. The largest absolute Gasteiger partial charge is 0.434 e. The summed E-state index contributed by atoms with van der Waals surface area (Å²) in [5, 5.41) is 1.55. The van der Waals surface area contributed by atoms with Gasteiger partial charge < -0.3 is 10.6 Å². The molecule has 0 aliphatic carbocycles. The Morgan fingerprint density at radius 2 is 2.00 bits per heavy atom. The Morgan fingerprint density at radius 1 is 1.50 bits per heavy atom. The number of urea groups is 1. The first-order valence-corrected chi connectivity index (χ1v) is 1.64. The highest BCUT2D eigenvalue weighted by Crippen LogP contribution is 1.63. The van der Waals surface area contributed by atoms with Gasteiger partial charge in [-0.25, -0.2) is 14.9 Å². The molecule has 3 amide bonds. The zero-order valence-electron chi connectivity index (χ0n) is 3.88. The molecule has 0 atom stereocenters. The fourth-order valence-electron chi connectivity index (χ4n) is 0.130. The summed E-state index contributed by atoms with van der Waals surface area (Å²) in [6.07, 6.45) is -1.07. The number of primary amides is 1. The van der Waals surface area contributed by atoms with Crippen LogP contribution in [0.1, 0.15) is 0 Å². The molecule has 0 aliphatic rings. The van der Waals surface area contributed by atoms with Crippen LogP contribution in [0.15, 0.2) is 0 Å². The van der Waals surface area contributed by atoms with Crippen LogP contribution >= 0.6 is 0 Å². The Kier molecular flexibility index (Phi) is 2.35. The maximum Gasteiger partial charge on any atom is 0.434 e. The average Bonchev–Trinajstić information content (AvgIpc) is 1.65. The predicted molar refractivity (Wildman–Crippen MR) is 23.4 cm³/mol. The van der Waals surface area contributed by atoms with Crippen LogP contribution in [0.3, 0.4) is 0 Å². The molecule has 0 aromatic heterocycles. The number of nitrogens with one attached hydrogen (secondary N) is 1. The predicted octanol–water partition coefficient (Wildman–Crippen LogP) is -1.33. The van der Waals surface area contributed by atoms with E-state index < -0.39 is 12.1 Å². The Labute approximate surface area is 44.7 Å². The van der Waals surface area contributed by atoms with Crippen LogP contribution in [0.2, 0.25) is 0 Å². The molecule has 46 valence electrons. The third-order valence-electron chi connectivity index (χ3n) is 0.332. The molecule has 6 heteroatoms. The summed E-state index contributed by atoms with van der Waals surface area (Å²) in [4.78, 5) is 23.1. The molecule has 0 aliphatic heterocycles. The first-order valence-electron chi connectivity index (χ1n) is 1.64. The van der Waals surface area contributed by atoms with Crippen molar-refractivity contribution < 1.29 is 14.4 Å². The van der Waals surface area contributed by atoms with E-state index in [0.29, 0.717) is 0 Å². The molecule has 0 aromatic carbocycles. The van der Waals surface area contributed by atoms with E-state index in [1.807, 2.05) is 0 Å². The van der Waals surface area contributed by atoms with E-state index in [0.717, 1.165) is 0 Å². The first-order chi connectivity index (χ1) is 3.66. The van der Waals surface area contributed by atoms with Crippen LogP contribution in [-0.2, 0) is 4.84 Å². The van der Waals surface area contributed by atoms with Gasteiger partial charge in [0, 0.05) is 0 Å². The molecule has 0 heterocycles. The number of nitrogens with two attached hydrogens (primary N) is 2. The molecule has 0 saturated carbocycles. The molecule has 5 N–H and O–H groups in total. The van der Waals surface area contributed by atoms with Crippen molar-refractivity contribution in [2.75, 3.05) is 0 Å². The molecule has 0 bridgehead atoms. The Hall–Kier alpha value is -1.30. The number of imide groups is 1. The fraction of sp³-hybridized carbons (Fsp3) is 0. The van der Waals surface area contributed by atoms with Gasteiger partial charge >= 0.3 is 12.1 Å². The number of hydrogen-bond acceptors (Lipinski definition) is 4. The van der Waals surface area contributed by atoms with Crippen LogP contribution < -0.4 is 16.9 Å². The third kappa shape index (κ3) is 2.91. The molecule has 0 unspecified atom stereocenters. The molecule has 6 nitrogen and oxygen atoms in total. The molecule has 0 rings (SSSR count). The van der Waals surface area contributed by atoms with Crippen LogP contribution in [0.4, 0.5) is 9.59 Å². The highest BCUT2D eigenvalue weighted by molar-refractivity contribution is 5.89. The lowest BCUT2D eigenvalue weighted by molar-refractivity contribution is 0.149. The highest BCUT2D eigenvalue weighted by atomic mass is 16.7. The van der Waals surface area contributed by atoms with Gasteiger partial charge in [-0.15, -0.1) is 0 Å². The smallest absolute Gasteiger partial charge is 0.356 e. The maximum absolute atomic E-state index is 9.86. The zero-order chi connectivity index (χ0) is 6.57. The van der Waals surface area contributed by atoms with Gasteiger partial charge in [0.15, 0.2) is 0 Å². The summed E-state index contributed by atoms with van der Waals surface area (Å²) in [6.45, 7) is 0. The summed E-state index contributed by atoms with van der Waals surface area (Å²) in [5.41, 5.74) is 4.46. The first kappa shape index (κ1) is 6.70. The van der Waals surface area contributed by atoms with Crippen molar-refractivity contribution in [1.29, 1.82) is 0 Å². The van der Waals surface area contributed by atoms with E-state index in [-0.39, 0.29) is 0 Å². The molecule has 0 fully saturated rings. The van der Waals surface area contributed by atoms with Crippen LogP contribution in [0.5, 0.6) is 0 Å². The summed E-state index contributed by atoms with van der Waals surface area (Å²) in [5.74, 6) is 4.30. The fourth-order valence-corrected chi connectivity index (χ4v) is 0.130. The van der Waals surface area contributed by atoms with E-state index in [1.165, 1.54) is 0 Å². The van der Waals surface area contributed by atoms with Crippen molar-refractivity contribution in [3.05, 3.63) is 0 Å². The molecule has 0 aromatic rings. The second kappa shape index (κ2) is 2.80. The number of amides is 3. The van der Waals surface area contributed by atoms with Crippen molar-refractivity contribution in [1.82, 2.24) is 5.32 Å². The van der Waals surface area contributed by atoms with Gasteiger partial charge in [0.05, 0.1) is 0 Å². The molecule has 0 spiro atoms. The summed E-state index contributed by atoms with van der Waals surface area (Å²) >= 11 is 0. The molecule has 8 heavy (non-hydrogen) atoms. The maximum atomic E-state index is 9.86. The molecule has 0 saturated heterocycles.